The summed E-state index contributed by atoms with van der Waals surface area (Å²) < 4.78 is 16.0. The molecule has 0 aliphatic rings. The summed E-state index contributed by atoms with van der Waals surface area (Å²) in [6.07, 6.45) is 3.40. The van der Waals surface area contributed by atoms with E-state index in [1.165, 1.54) is 6.07 Å². The number of nitrogens with one attached hydrogen (secondary N) is 1. The van der Waals surface area contributed by atoms with Gasteiger partial charge in [-0.05, 0) is 25.1 Å². The number of halogens is 1. The zero-order valence-electron chi connectivity index (χ0n) is 11.9. The van der Waals surface area contributed by atoms with Crippen LogP contribution >= 0.6 is 0 Å². The van der Waals surface area contributed by atoms with E-state index in [0.29, 0.717) is 23.4 Å². The van der Waals surface area contributed by atoms with Crippen LogP contribution in [0.2, 0.25) is 0 Å². The molecule has 1 aromatic carbocycles. The van der Waals surface area contributed by atoms with E-state index in [4.69, 9.17) is 5.73 Å². The van der Waals surface area contributed by atoms with Crippen molar-refractivity contribution < 1.29 is 4.39 Å². The number of nitrogens with zero attached hydrogens (tertiary/aromatic N) is 3. The lowest BCUT2D eigenvalue weighted by Gasteiger charge is -2.11. The van der Waals surface area contributed by atoms with E-state index in [9.17, 15) is 4.39 Å². The van der Waals surface area contributed by atoms with E-state index in [0.717, 1.165) is 16.6 Å². The molecule has 0 amide bonds. The number of anilines is 2. The molecule has 6 heteroatoms. The fourth-order valence-corrected chi connectivity index (χ4v) is 2.31. The maximum absolute atomic E-state index is 14.2. The van der Waals surface area contributed by atoms with Crippen LogP contribution in [-0.4, -0.2) is 14.8 Å². The summed E-state index contributed by atoms with van der Waals surface area (Å²) in [6, 6.07) is 4.94. The Morgan fingerprint density at radius 3 is 2.95 bits per heavy atom. The monoisotopic (exact) mass is 285 g/mol. The van der Waals surface area contributed by atoms with Crippen LogP contribution in [0.1, 0.15) is 11.3 Å². The Kier molecular flexibility index (Phi) is 3.21. The molecule has 0 saturated carbocycles. The molecule has 0 unspecified atom stereocenters. The third-order valence-electron chi connectivity index (χ3n) is 3.67. The molecule has 3 N–H and O–H groups in total. The molecule has 0 saturated heterocycles. The number of aryl methyl sites for hydroxylation is 1. The van der Waals surface area contributed by atoms with E-state index in [-0.39, 0.29) is 0 Å². The van der Waals surface area contributed by atoms with Crippen molar-refractivity contribution >= 4 is 22.3 Å². The number of pyridine rings is 1. The van der Waals surface area contributed by atoms with E-state index < -0.39 is 5.82 Å². The van der Waals surface area contributed by atoms with Crippen LogP contribution in [0.3, 0.4) is 0 Å². The van der Waals surface area contributed by atoms with Crippen LogP contribution in [0.15, 0.2) is 30.6 Å². The van der Waals surface area contributed by atoms with Crippen molar-refractivity contribution in [2.45, 2.75) is 13.5 Å². The van der Waals surface area contributed by atoms with Gasteiger partial charge in [-0.2, -0.15) is 5.10 Å². The maximum Gasteiger partial charge on any atom is 0.150 e. The lowest BCUT2D eigenvalue weighted by molar-refractivity contribution is 0.632. The van der Waals surface area contributed by atoms with Crippen molar-refractivity contribution in [2.24, 2.45) is 7.05 Å². The van der Waals surface area contributed by atoms with E-state index in [2.05, 4.69) is 15.4 Å². The van der Waals surface area contributed by atoms with Gasteiger partial charge in [0.15, 0.2) is 5.82 Å². The van der Waals surface area contributed by atoms with E-state index in [1.807, 2.05) is 20.0 Å². The number of hydrogen-bond acceptors (Lipinski definition) is 4. The van der Waals surface area contributed by atoms with Crippen LogP contribution in [0.4, 0.5) is 15.8 Å². The Hall–Kier alpha value is -2.63. The first-order valence-corrected chi connectivity index (χ1v) is 6.62. The highest BCUT2D eigenvalue weighted by atomic mass is 19.1. The number of aromatic nitrogens is 3. The summed E-state index contributed by atoms with van der Waals surface area (Å²) in [5.74, 6) is -0.403. The molecule has 108 valence electrons. The van der Waals surface area contributed by atoms with Gasteiger partial charge in [-0.15, -0.1) is 0 Å². The topological polar surface area (TPSA) is 68.8 Å². The van der Waals surface area contributed by atoms with Gasteiger partial charge in [-0.3, -0.25) is 9.67 Å². The van der Waals surface area contributed by atoms with E-state index in [1.54, 1.807) is 23.1 Å². The minimum atomic E-state index is -0.403. The highest BCUT2D eigenvalue weighted by Gasteiger charge is 2.12. The predicted molar refractivity (Wildman–Crippen MR) is 81.4 cm³/mol. The van der Waals surface area contributed by atoms with Crippen LogP contribution < -0.4 is 11.1 Å². The fourth-order valence-electron chi connectivity index (χ4n) is 2.31. The average Bonchev–Trinajstić information content (AvgIpc) is 2.79. The fraction of sp³-hybridized carbons (Fsp3) is 0.200. The zero-order valence-corrected chi connectivity index (χ0v) is 11.9. The molecular formula is C15H16FN5. The minimum Gasteiger partial charge on any atom is -0.398 e. The van der Waals surface area contributed by atoms with Crippen molar-refractivity contribution in [3.05, 3.63) is 47.7 Å². The summed E-state index contributed by atoms with van der Waals surface area (Å²) in [5.41, 5.74) is 9.18. The number of hydrogen-bond donors (Lipinski definition) is 2. The molecule has 0 spiro atoms. The van der Waals surface area contributed by atoms with Gasteiger partial charge in [0.2, 0.25) is 0 Å². The largest absolute Gasteiger partial charge is 0.398 e. The number of nitrogen functional groups attached to an aromatic ring is 1. The second kappa shape index (κ2) is 5.05. The lowest BCUT2D eigenvalue weighted by atomic mass is 10.1. The number of benzene rings is 1. The summed E-state index contributed by atoms with van der Waals surface area (Å²) in [5, 5.41) is 8.02. The third kappa shape index (κ3) is 2.29. The van der Waals surface area contributed by atoms with Crippen molar-refractivity contribution in [3.8, 4) is 0 Å². The summed E-state index contributed by atoms with van der Waals surface area (Å²) in [6.45, 7) is 2.45. The van der Waals surface area contributed by atoms with E-state index >= 15 is 0 Å². The molecule has 0 bridgehead atoms. The number of nitrogens with two attached hydrogens (primary N) is 1. The Balaban J connectivity index is 1.99. The normalized spacial score (nSPS) is 11.0. The molecule has 2 heterocycles. The van der Waals surface area contributed by atoms with Gasteiger partial charge in [-0.1, -0.05) is 0 Å². The summed E-state index contributed by atoms with van der Waals surface area (Å²) in [7, 11) is 1.87. The number of rotatable bonds is 3. The Morgan fingerprint density at radius 2 is 2.24 bits per heavy atom. The smallest absolute Gasteiger partial charge is 0.150 e. The quantitative estimate of drug-likeness (QED) is 0.726. The molecule has 0 aliphatic heterocycles. The molecule has 3 rings (SSSR count). The first kappa shape index (κ1) is 13.4. The van der Waals surface area contributed by atoms with Gasteiger partial charge >= 0.3 is 0 Å². The first-order valence-electron chi connectivity index (χ1n) is 6.62. The highest BCUT2D eigenvalue weighted by Crippen LogP contribution is 2.30. The summed E-state index contributed by atoms with van der Waals surface area (Å²) in [4.78, 5) is 4.24. The van der Waals surface area contributed by atoms with Crippen LogP contribution in [0.25, 0.3) is 10.9 Å². The third-order valence-corrected chi connectivity index (χ3v) is 3.67. The second-order valence-electron chi connectivity index (χ2n) is 4.95. The molecular weight excluding hydrogens is 269 g/mol. The van der Waals surface area contributed by atoms with Crippen LogP contribution in [-0.2, 0) is 13.6 Å². The Morgan fingerprint density at radius 1 is 1.43 bits per heavy atom. The minimum absolute atomic E-state index is 0.364. The van der Waals surface area contributed by atoms with Crippen LogP contribution in [0.5, 0.6) is 0 Å². The molecule has 0 radical (unpaired) electrons. The molecule has 3 aromatic rings. The summed E-state index contributed by atoms with van der Waals surface area (Å²) >= 11 is 0. The van der Waals surface area contributed by atoms with Gasteiger partial charge in [0, 0.05) is 42.1 Å². The van der Waals surface area contributed by atoms with Crippen molar-refractivity contribution in [1.82, 2.24) is 14.8 Å². The van der Waals surface area contributed by atoms with Crippen molar-refractivity contribution in [1.29, 1.82) is 0 Å². The zero-order chi connectivity index (χ0) is 15.0. The Labute approximate surface area is 121 Å². The van der Waals surface area contributed by atoms with Crippen molar-refractivity contribution in [3.63, 3.8) is 0 Å². The maximum atomic E-state index is 14.2. The molecule has 0 fully saturated rings. The van der Waals surface area contributed by atoms with Crippen LogP contribution in [0, 0.1) is 12.7 Å². The molecule has 0 atom stereocenters. The van der Waals surface area contributed by atoms with Gasteiger partial charge in [0.05, 0.1) is 17.4 Å². The standard InChI is InChI=1S/C15H16FN5/c1-9-10(8-20-21(9)2)7-19-15-12(16)6-13(17)11-4-3-5-18-14(11)15/h3-6,8,19H,7,17H2,1-2H3. The molecule has 0 aliphatic carbocycles. The van der Waals surface area contributed by atoms with Gasteiger partial charge in [-0.25, -0.2) is 4.39 Å². The van der Waals surface area contributed by atoms with Gasteiger partial charge in [0.1, 0.15) is 0 Å². The molecule has 2 aromatic heterocycles. The van der Waals surface area contributed by atoms with Gasteiger partial charge < -0.3 is 11.1 Å². The van der Waals surface area contributed by atoms with Crippen molar-refractivity contribution in [2.75, 3.05) is 11.1 Å². The lowest BCUT2D eigenvalue weighted by Crippen LogP contribution is -2.05. The average molecular weight is 285 g/mol. The SMILES string of the molecule is Cc1c(CNc2c(F)cc(N)c3cccnc23)cnn1C. The predicted octanol–water partition coefficient (Wildman–Crippen LogP) is 2.61. The first-order chi connectivity index (χ1) is 10.1. The highest BCUT2D eigenvalue weighted by molar-refractivity contribution is 5.98. The Bertz CT molecular complexity index is 809. The molecule has 5 nitrogen and oxygen atoms in total. The van der Waals surface area contributed by atoms with Gasteiger partial charge in [0.25, 0.3) is 0 Å². The number of fused-ring (bicyclic) bond motifs is 1. The molecule has 21 heavy (non-hydrogen) atoms. The second-order valence-corrected chi connectivity index (χ2v) is 4.95.